The zero-order valence-electron chi connectivity index (χ0n) is 9.78. The van der Waals surface area contributed by atoms with Crippen LogP contribution in [0.3, 0.4) is 0 Å². The van der Waals surface area contributed by atoms with Crippen LogP contribution in [0, 0.1) is 0 Å². The summed E-state index contributed by atoms with van der Waals surface area (Å²) in [4.78, 5) is 16.9. The minimum Gasteiger partial charge on any atom is -0.345 e. The smallest absolute Gasteiger partial charge is 0.253 e. The molecule has 1 unspecified atom stereocenters. The number of hydrogen-bond acceptors (Lipinski definition) is 3. The topological polar surface area (TPSA) is 42.0 Å². The van der Waals surface area contributed by atoms with Crippen molar-refractivity contribution < 1.29 is 4.79 Å². The van der Waals surface area contributed by atoms with E-state index in [4.69, 9.17) is 34.8 Å². The second-order valence-corrected chi connectivity index (χ2v) is 6.37. The highest BCUT2D eigenvalue weighted by molar-refractivity contribution is 7.16. The number of pyridine rings is 1. The maximum Gasteiger partial charge on any atom is 0.253 e. The predicted octanol–water partition coefficient (Wildman–Crippen LogP) is 4.59. The number of carbonyl (C=O) groups excluding carboxylic acids is 1. The highest BCUT2D eigenvalue weighted by Crippen LogP contribution is 2.27. The summed E-state index contributed by atoms with van der Waals surface area (Å²) < 4.78 is 0.682. The molecule has 19 heavy (non-hydrogen) atoms. The minimum absolute atomic E-state index is 0.159. The molecule has 1 atom stereocenters. The van der Waals surface area contributed by atoms with Crippen LogP contribution in [-0.4, -0.2) is 10.9 Å². The van der Waals surface area contributed by atoms with Gasteiger partial charge < -0.3 is 5.32 Å². The molecule has 0 saturated carbocycles. The van der Waals surface area contributed by atoms with E-state index in [-0.39, 0.29) is 22.1 Å². The van der Waals surface area contributed by atoms with Gasteiger partial charge in [0.2, 0.25) is 0 Å². The van der Waals surface area contributed by atoms with Crippen LogP contribution < -0.4 is 5.32 Å². The summed E-state index contributed by atoms with van der Waals surface area (Å²) in [5, 5.41) is 3.32. The van der Waals surface area contributed by atoms with Crippen molar-refractivity contribution >= 4 is 52.0 Å². The zero-order valence-corrected chi connectivity index (χ0v) is 12.9. The SMILES string of the molecule is CC(NC(=O)c1cc(Cl)ncc1Cl)c1ccc(Cl)s1. The van der Waals surface area contributed by atoms with Gasteiger partial charge >= 0.3 is 0 Å². The fourth-order valence-corrected chi connectivity index (χ4v) is 2.90. The molecular weight excluding hydrogens is 327 g/mol. The van der Waals surface area contributed by atoms with Crippen molar-refractivity contribution in [2.45, 2.75) is 13.0 Å². The van der Waals surface area contributed by atoms with Gasteiger partial charge in [0.1, 0.15) is 5.15 Å². The molecule has 2 heterocycles. The second kappa shape index (κ2) is 6.09. The van der Waals surface area contributed by atoms with E-state index in [9.17, 15) is 4.79 Å². The Balaban J connectivity index is 2.15. The van der Waals surface area contributed by atoms with Crippen LogP contribution in [0.2, 0.25) is 14.5 Å². The highest BCUT2D eigenvalue weighted by atomic mass is 35.5. The largest absolute Gasteiger partial charge is 0.345 e. The van der Waals surface area contributed by atoms with E-state index in [0.29, 0.717) is 9.90 Å². The van der Waals surface area contributed by atoms with Gasteiger partial charge in [0.15, 0.2) is 0 Å². The Kier molecular flexibility index (Phi) is 4.68. The van der Waals surface area contributed by atoms with Gasteiger partial charge in [-0.2, -0.15) is 0 Å². The maximum absolute atomic E-state index is 12.1. The molecule has 0 spiro atoms. The molecule has 7 heteroatoms. The number of hydrogen-bond donors (Lipinski definition) is 1. The summed E-state index contributed by atoms with van der Waals surface area (Å²) in [6, 6.07) is 4.94. The van der Waals surface area contributed by atoms with Crippen molar-refractivity contribution in [3.8, 4) is 0 Å². The van der Waals surface area contributed by atoms with E-state index in [1.165, 1.54) is 23.6 Å². The number of nitrogens with zero attached hydrogens (tertiary/aromatic N) is 1. The third-order valence-corrected chi connectivity index (χ3v) is 4.36. The van der Waals surface area contributed by atoms with Gasteiger partial charge in [0.05, 0.1) is 21.0 Å². The molecule has 2 aromatic rings. The summed E-state index contributed by atoms with van der Waals surface area (Å²) in [5.41, 5.74) is 0.302. The van der Waals surface area contributed by atoms with E-state index in [1.807, 2.05) is 13.0 Å². The molecule has 0 fully saturated rings. The molecular formula is C12H9Cl3N2OS. The molecule has 2 rings (SSSR count). The first-order valence-corrected chi connectivity index (χ1v) is 7.29. The molecule has 0 saturated heterocycles. The Morgan fingerprint density at radius 2 is 2.11 bits per heavy atom. The zero-order chi connectivity index (χ0) is 14.0. The van der Waals surface area contributed by atoms with Crippen molar-refractivity contribution in [2.24, 2.45) is 0 Å². The molecule has 100 valence electrons. The lowest BCUT2D eigenvalue weighted by atomic mass is 10.2. The van der Waals surface area contributed by atoms with Gasteiger partial charge in [-0.25, -0.2) is 4.98 Å². The second-order valence-electron chi connectivity index (χ2n) is 3.82. The summed E-state index contributed by atoms with van der Waals surface area (Å²) >= 11 is 19.0. The normalized spacial score (nSPS) is 12.2. The maximum atomic E-state index is 12.1. The van der Waals surface area contributed by atoms with E-state index in [2.05, 4.69) is 10.3 Å². The molecule has 1 N–H and O–H groups in total. The molecule has 0 radical (unpaired) electrons. The fourth-order valence-electron chi connectivity index (χ4n) is 1.49. The van der Waals surface area contributed by atoms with E-state index in [1.54, 1.807) is 6.07 Å². The number of aromatic nitrogens is 1. The van der Waals surface area contributed by atoms with Crippen molar-refractivity contribution in [1.29, 1.82) is 0 Å². The van der Waals surface area contributed by atoms with Crippen LogP contribution in [0.4, 0.5) is 0 Å². The van der Waals surface area contributed by atoms with Gasteiger partial charge in [0, 0.05) is 11.1 Å². The Hall–Kier alpha value is -0.810. The van der Waals surface area contributed by atoms with Crippen molar-refractivity contribution in [3.05, 3.63) is 49.3 Å². The van der Waals surface area contributed by atoms with Gasteiger partial charge in [-0.1, -0.05) is 34.8 Å². The number of carbonyl (C=O) groups is 1. The third kappa shape index (κ3) is 3.60. The first-order valence-electron chi connectivity index (χ1n) is 5.34. The van der Waals surface area contributed by atoms with E-state index < -0.39 is 0 Å². The van der Waals surface area contributed by atoms with Gasteiger partial charge in [-0.05, 0) is 25.1 Å². The highest BCUT2D eigenvalue weighted by Gasteiger charge is 2.16. The average molecular weight is 336 g/mol. The van der Waals surface area contributed by atoms with Gasteiger partial charge in [-0.15, -0.1) is 11.3 Å². The lowest BCUT2D eigenvalue weighted by molar-refractivity contribution is 0.0940. The summed E-state index contributed by atoms with van der Waals surface area (Å²) in [7, 11) is 0. The van der Waals surface area contributed by atoms with Crippen LogP contribution in [0.15, 0.2) is 24.4 Å². The van der Waals surface area contributed by atoms with Crippen LogP contribution in [-0.2, 0) is 0 Å². The minimum atomic E-state index is -0.300. The number of thiophene rings is 1. The van der Waals surface area contributed by atoms with Crippen LogP contribution in [0.25, 0.3) is 0 Å². The van der Waals surface area contributed by atoms with Crippen LogP contribution in [0.1, 0.15) is 28.2 Å². The van der Waals surface area contributed by atoms with E-state index >= 15 is 0 Å². The third-order valence-electron chi connectivity index (χ3n) is 2.43. The first kappa shape index (κ1) is 14.6. The lowest BCUT2D eigenvalue weighted by Crippen LogP contribution is -2.26. The molecule has 3 nitrogen and oxygen atoms in total. The molecule has 0 aliphatic carbocycles. The quantitative estimate of drug-likeness (QED) is 0.833. The number of amides is 1. The van der Waals surface area contributed by atoms with Crippen molar-refractivity contribution in [3.63, 3.8) is 0 Å². The summed E-state index contributed by atoms with van der Waals surface area (Å²) in [5.74, 6) is -0.300. The van der Waals surface area contributed by atoms with Crippen molar-refractivity contribution in [2.75, 3.05) is 0 Å². The van der Waals surface area contributed by atoms with Gasteiger partial charge in [0.25, 0.3) is 5.91 Å². The Labute approximate surface area is 129 Å². The van der Waals surface area contributed by atoms with Crippen molar-refractivity contribution in [1.82, 2.24) is 10.3 Å². The Bertz CT molecular complexity index is 615. The fraction of sp³-hybridized carbons (Fsp3) is 0.167. The average Bonchev–Trinajstić information content (AvgIpc) is 2.79. The Morgan fingerprint density at radius 3 is 2.74 bits per heavy atom. The Morgan fingerprint density at radius 1 is 1.37 bits per heavy atom. The predicted molar refractivity (Wildman–Crippen MR) is 79.5 cm³/mol. The molecule has 0 aliphatic rings. The summed E-state index contributed by atoms with van der Waals surface area (Å²) in [6.07, 6.45) is 1.35. The van der Waals surface area contributed by atoms with E-state index in [0.717, 1.165) is 4.88 Å². The number of rotatable bonds is 3. The number of nitrogens with one attached hydrogen (secondary N) is 1. The molecule has 0 aliphatic heterocycles. The standard InChI is InChI=1S/C12H9Cl3N2OS/c1-6(9-2-3-11(15)19-9)17-12(18)7-4-10(14)16-5-8(7)13/h2-6H,1H3,(H,17,18). The number of halogens is 3. The summed E-state index contributed by atoms with van der Waals surface area (Å²) in [6.45, 7) is 1.87. The molecule has 0 aromatic carbocycles. The van der Waals surface area contributed by atoms with Crippen LogP contribution >= 0.6 is 46.1 Å². The molecule has 0 bridgehead atoms. The lowest BCUT2D eigenvalue weighted by Gasteiger charge is -2.12. The van der Waals surface area contributed by atoms with Gasteiger partial charge in [-0.3, -0.25) is 4.79 Å². The van der Waals surface area contributed by atoms with Crippen LogP contribution in [0.5, 0.6) is 0 Å². The first-order chi connectivity index (χ1) is 8.97. The molecule has 2 aromatic heterocycles. The monoisotopic (exact) mass is 334 g/mol. The molecule has 1 amide bonds.